The van der Waals surface area contributed by atoms with Crippen LogP contribution in [0, 0.1) is 12.8 Å². The minimum Gasteiger partial charge on any atom is -0.316 e. The van der Waals surface area contributed by atoms with E-state index in [0.29, 0.717) is 0 Å². The maximum atomic E-state index is 4.16. The molecule has 0 aromatic carbocycles. The first-order chi connectivity index (χ1) is 8.79. The van der Waals surface area contributed by atoms with Crippen LogP contribution in [0.3, 0.4) is 0 Å². The molecule has 0 saturated carbocycles. The molecule has 1 fully saturated rings. The van der Waals surface area contributed by atoms with Crippen LogP contribution >= 0.6 is 0 Å². The molecule has 0 radical (unpaired) electrons. The van der Waals surface area contributed by atoms with Gasteiger partial charge in [-0.05, 0) is 62.5 Å². The van der Waals surface area contributed by atoms with Crippen molar-refractivity contribution in [3.8, 4) is 0 Å². The molecule has 1 unspecified atom stereocenters. The van der Waals surface area contributed by atoms with Crippen LogP contribution in [-0.4, -0.2) is 36.1 Å². The fourth-order valence-electron chi connectivity index (χ4n) is 2.63. The fraction of sp³-hybridized carbons (Fsp3) is 0.667. The van der Waals surface area contributed by atoms with Crippen molar-refractivity contribution in [2.24, 2.45) is 5.92 Å². The standard InChI is InChI=1S/C15H25N3/c1-3-6-16-10-14-5-8-18(11-14)12-15-4-7-17-9-13(15)2/h4,7,9,14,16H,3,5-6,8,10-12H2,1-2H3. The second-order valence-electron chi connectivity index (χ2n) is 5.40. The highest BCUT2D eigenvalue weighted by atomic mass is 15.1. The van der Waals surface area contributed by atoms with Crippen LogP contribution < -0.4 is 5.32 Å². The van der Waals surface area contributed by atoms with E-state index in [-0.39, 0.29) is 0 Å². The summed E-state index contributed by atoms with van der Waals surface area (Å²) >= 11 is 0. The summed E-state index contributed by atoms with van der Waals surface area (Å²) in [6, 6.07) is 2.15. The van der Waals surface area contributed by atoms with E-state index in [2.05, 4.69) is 35.1 Å². The molecule has 0 bridgehead atoms. The van der Waals surface area contributed by atoms with Crippen molar-refractivity contribution in [3.63, 3.8) is 0 Å². The van der Waals surface area contributed by atoms with Gasteiger partial charge in [-0.3, -0.25) is 9.88 Å². The van der Waals surface area contributed by atoms with Crippen molar-refractivity contribution in [2.75, 3.05) is 26.2 Å². The first kappa shape index (κ1) is 13.5. The zero-order valence-corrected chi connectivity index (χ0v) is 11.7. The van der Waals surface area contributed by atoms with Crippen molar-refractivity contribution in [1.29, 1.82) is 0 Å². The molecule has 1 aliphatic heterocycles. The highest BCUT2D eigenvalue weighted by Gasteiger charge is 2.22. The lowest BCUT2D eigenvalue weighted by atomic mass is 10.1. The summed E-state index contributed by atoms with van der Waals surface area (Å²) in [7, 11) is 0. The molecule has 1 aliphatic rings. The lowest BCUT2D eigenvalue weighted by molar-refractivity contribution is 0.313. The van der Waals surface area contributed by atoms with Gasteiger partial charge in [0.05, 0.1) is 0 Å². The summed E-state index contributed by atoms with van der Waals surface area (Å²) in [5, 5.41) is 3.54. The number of hydrogen-bond donors (Lipinski definition) is 1. The van der Waals surface area contributed by atoms with Crippen LogP contribution in [0.4, 0.5) is 0 Å². The molecule has 1 aromatic rings. The van der Waals surface area contributed by atoms with Gasteiger partial charge < -0.3 is 5.32 Å². The van der Waals surface area contributed by atoms with Crippen molar-refractivity contribution < 1.29 is 0 Å². The van der Waals surface area contributed by atoms with Gasteiger partial charge in [0.1, 0.15) is 0 Å². The topological polar surface area (TPSA) is 28.2 Å². The summed E-state index contributed by atoms with van der Waals surface area (Å²) in [6.07, 6.45) is 6.43. The summed E-state index contributed by atoms with van der Waals surface area (Å²) in [5.74, 6) is 0.832. The van der Waals surface area contributed by atoms with Gasteiger partial charge in [0.25, 0.3) is 0 Å². The Hall–Kier alpha value is -0.930. The molecule has 3 heteroatoms. The Labute approximate surface area is 111 Å². The largest absolute Gasteiger partial charge is 0.316 e. The van der Waals surface area contributed by atoms with Crippen LogP contribution in [0.2, 0.25) is 0 Å². The molecular formula is C15H25N3. The molecule has 0 spiro atoms. The van der Waals surface area contributed by atoms with E-state index in [4.69, 9.17) is 0 Å². The predicted molar refractivity (Wildman–Crippen MR) is 75.5 cm³/mol. The van der Waals surface area contributed by atoms with Gasteiger partial charge in [-0.2, -0.15) is 0 Å². The summed E-state index contributed by atoms with van der Waals surface area (Å²) in [6.45, 7) is 10.3. The second-order valence-corrected chi connectivity index (χ2v) is 5.40. The molecule has 0 aliphatic carbocycles. The summed E-state index contributed by atoms with van der Waals surface area (Å²) in [5.41, 5.74) is 2.73. The van der Waals surface area contributed by atoms with Crippen molar-refractivity contribution in [1.82, 2.24) is 15.2 Å². The monoisotopic (exact) mass is 247 g/mol. The number of nitrogens with one attached hydrogen (secondary N) is 1. The molecule has 1 aromatic heterocycles. The van der Waals surface area contributed by atoms with E-state index >= 15 is 0 Å². The quantitative estimate of drug-likeness (QED) is 0.781. The van der Waals surface area contributed by atoms with Gasteiger partial charge in [0.15, 0.2) is 0 Å². The molecular weight excluding hydrogens is 222 g/mol. The van der Waals surface area contributed by atoms with Gasteiger partial charge in [-0.1, -0.05) is 6.92 Å². The second kappa shape index (κ2) is 6.86. The number of pyridine rings is 1. The molecule has 100 valence electrons. The Morgan fingerprint density at radius 2 is 2.39 bits per heavy atom. The van der Waals surface area contributed by atoms with Gasteiger partial charge in [-0.25, -0.2) is 0 Å². The number of aromatic nitrogens is 1. The Morgan fingerprint density at radius 1 is 1.50 bits per heavy atom. The molecule has 3 nitrogen and oxygen atoms in total. The molecule has 2 rings (SSSR count). The lowest BCUT2D eigenvalue weighted by Crippen LogP contribution is -2.26. The van der Waals surface area contributed by atoms with Crippen LogP contribution in [0.5, 0.6) is 0 Å². The van der Waals surface area contributed by atoms with Crippen LogP contribution in [0.15, 0.2) is 18.5 Å². The van der Waals surface area contributed by atoms with Crippen LogP contribution in [0.25, 0.3) is 0 Å². The first-order valence-electron chi connectivity index (χ1n) is 7.12. The zero-order valence-electron chi connectivity index (χ0n) is 11.7. The van der Waals surface area contributed by atoms with E-state index in [1.807, 2.05) is 12.4 Å². The van der Waals surface area contributed by atoms with E-state index in [0.717, 1.165) is 19.0 Å². The number of nitrogens with zero attached hydrogens (tertiary/aromatic N) is 2. The highest BCUT2D eigenvalue weighted by Crippen LogP contribution is 2.19. The molecule has 2 heterocycles. The lowest BCUT2D eigenvalue weighted by Gasteiger charge is -2.17. The van der Waals surface area contributed by atoms with Crippen LogP contribution in [0.1, 0.15) is 30.9 Å². The fourth-order valence-corrected chi connectivity index (χ4v) is 2.63. The highest BCUT2D eigenvalue weighted by molar-refractivity contribution is 5.21. The first-order valence-corrected chi connectivity index (χ1v) is 7.12. The Bertz CT molecular complexity index is 365. The summed E-state index contributed by atoms with van der Waals surface area (Å²) in [4.78, 5) is 6.73. The van der Waals surface area contributed by atoms with Crippen molar-refractivity contribution >= 4 is 0 Å². The third kappa shape index (κ3) is 3.79. The smallest absolute Gasteiger partial charge is 0.0300 e. The molecule has 1 N–H and O–H groups in total. The number of likely N-dealkylation sites (tertiary alicyclic amines) is 1. The predicted octanol–water partition coefficient (Wildman–Crippen LogP) is 2.21. The molecule has 18 heavy (non-hydrogen) atoms. The van der Waals surface area contributed by atoms with Crippen molar-refractivity contribution in [3.05, 3.63) is 29.6 Å². The van der Waals surface area contributed by atoms with Gasteiger partial charge in [0, 0.05) is 25.5 Å². The molecule has 1 saturated heterocycles. The average molecular weight is 247 g/mol. The van der Waals surface area contributed by atoms with Crippen molar-refractivity contribution in [2.45, 2.75) is 33.2 Å². The SMILES string of the molecule is CCCNCC1CCN(Cc2ccncc2C)C1. The average Bonchev–Trinajstić information content (AvgIpc) is 2.80. The number of rotatable bonds is 6. The van der Waals surface area contributed by atoms with Gasteiger partial charge in [0.2, 0.25) is 0 Å². The van der Waals surface area contributed by atoms with Gasteiger partial charge >= 0.3 is 0 Å². The maximum Gasteiger partial charge on any atom is 0.0300 e. The van der Waals surface area contributed by atoms with E-state index in [1.165, 1.54) is 43.6 Å². The third-order valence-electron chi connectivity index (χ3n) is 3.76. The molecule has 1 atom stereocenters. The van der Waals surface area contributed by atoms with Crippen LogP contribution in [-0.2, 0) is 6.54 Å². The Morgan fingerprint density at radius 3 is 3.17 bits per heavy atom. The van der Waals surface area contributed by atoms with E-state index < -0.39 is 0 Å². The molecule has 0 amide bonds. The minimum absolute atomic E-state index is 0.832. The Balaban J connectivity index is 1.77. The van der Waals surface area contributed by atoms with E-state index in [9.17, 15) is 0 Å². The van der Waals surface area contributed by atoms with E-state index in [1.54, 1.807) is 0 Å². The maximum absolute atomic E-state index is 4.16. The number of hydrogen-bond acceptors (Lipinski definition) is 3. The zero-order chi connectivity index (χ0) is 12.8. The Kier molecular flexibility index (Phi) is 5.14. The normalized spacial score (nSPS) is 20.4. The van der Waals surface area contributed by atoms with Gasteiger partial charge in [-0.15, -0.1) is 0 Å². The minimum atomic E-state index is 0.832. The number of aryl methyl sites for hydroxylation is 1. The summed E-state index contributed by atoms with van der Waals surface area (Å²) < 4.78 is 0. The third-order valence-corrected chi connectivity index (χ3v) is 3.76.